The zero-order valence-electron chi connectivity index (χ0n) is 23.7. The average Bonchev–Trinajstić information content (AvgIpc) is 3.40. The molecule has 0 atom stereocenters. The first kappa shape index (κ1) is 24.0. The molecule has 0 radical (unpaired) electrons. The molecular weight excluding hydrogens is 685 g/mol. The van der Waals surface area contributed by atoms with Gasteiger partial charge in [0.1, 0.15) is 11.6 Å². The van der Waals surface area contributed by atoms with Crippen LogP contribution in [0.1, 0.15) is 2.74 Å². The summed E-state index contributed by atoms with van der Waals surface area (Å²) in [6.45, 7) is 0. The Morgan fingerprint density at radius 2 is 1.46 bits per heavy atom. The number of phenols is 1. The summed E-state index contributed by atoms with van der Waals surface area (Å²) in [6.07, 6.45) is 1.82. The molecule has 5 heteroatoms. The minimum atomic E-state index is -0.153. The maximum absolute atomic E-state index is 10.9. The van der Waals surface area contributed by atoms with Crippen molar-refractivity contribution in [2.75, 3.05) is 0 Å². The Morgan fingerprint density at radius 1 is 0.707 bits per heavy atom. The fourth-order valence-corrected chi connectivity index (χ4v) is 5.05. The van der Waals surface area contributed by atoms with Crippen LogP contribution in [0.3, 0.4) is 0 Å². The van der Waals surface area contributed by atoms with Crippen LogP contribution in [-0.2, 0) is 21.1 Å². The quantitative estimate of drug-likeness (QED) is 0.182. The molecule has 0 bridgehead atoms. The number of hydrogen-bond acceptors (Lipinski definition) is 3. The van der Waals surface area contributed by atoms with Gasteiger partial charge in [-0.3, -0.25) is 9.55 Å². The molecule has 200 valence electrons. The molecule has 0 saturated heterocycles. The summed E-state index contributed by atoms with van der Waals surface area (Å²) >= 11 is 0. The normalized spacial score (nSPS) is 11.5. The summed E-state index contributed by atoms with van der Waals surface area (Å²) in [7, 11) is 0. The molecule has 0 saturated carbocycles. The Morgan fingerprint density at radius 3 is 2.27 bits per heavy atom. The van der Waals surface area contributed by atoms with E-state index in [1.54, 1.807) is 0 Å². The van der Waals surface area contributed by atoms with Gasteiger partial charge in [-0.25, -0.2) is 4.98 Å². The van der Waals surface area contributed by atoms with Crippen LogP contribution in [0.4, 0.5) is 0 Å². The number of pyridine rings is 1. The van der Waals surface area contributed by atoms with Gasteiger partial charge < -0.3 is 5.11 Å². The van der Waals surface area contributed by atoms with Crippen LogP contribution in [0, 0.1) is 6.07 Å². The number of imidazole rings is 1. The van der Waals surface area contributed by atoms with E-state index in [4.69, 9.17) is 7.73 Å². The number of rotatable bonds is 5. The van der Waals surface area contributed by atoms with Crippen LogP contribution in [-0.4, -0.2) is 19.6 Å². The molecule has 2 aromatic heterocycles. The van der Waals surface area contributed by atoms with Crippen molar-refractivity contribution in [2.24, 2.45) is 0 Å². The SMILES string of the molecule is [2H]c1cc([2H])c(-c2nc3c(-c4[c-]c(-c5cc(-c6ccccc6)ccn5)ccc4)cccc3n2-c2ccccc2)c(O)c1.[Pt]. The first-order valence-electron chi connectivity index (χ1n) is 14.0. The van der Waals surface area contributed by atoms with Gasteiger partial charge in [0.05, 0.1) is 19.3 Å². The van der Waals surface area contributed by atoms with Crippen molar-refractivity contribution in [2.45, 2.75) is 0 Å². The molecule has 0 aliphatic carbocycles. The number of aromatic hydroxyl groups is 1. The van der Waals surface area contributed by atoms with Gasteiger partial charge in [0.25, 0.3) is 0 Å². The van der Waals surface area contributed by atoms with Crippen LogP contribution < -0.4 is 0 Å². The number of benzene rings is 5. The topological polar surface area (TPSA) is 50.9 Å². The minimum absolute atomic E-state index is 0. The molecule has 0 amide bonds. The predicted octanol–water partition coefficient (Wildman–Crippen LogP) is 8.59. The number of fused-ring (bicyclic) bond motifs is 1. The number of hydrogen-bond donors (Lipinski definition) is 1. The van der Waals surface area contributed by atoms with E-state index >= 15 is 0 Å². The van der Waals surface area contributed by atoms with E-state index in [0.29, 0.717) is 11.3 Å². The van der Waals surface area contributed by atoms with Gasteiger partial charge in [-0.05, 0) is 47.5 Å². The summed E-state index contributed by atoms with van der Waals surface area (Å²) in [5, 5.41) is 10.9. The van der Waals surface area contributed by atoms with Crippen LogP contribution in [0.5, 0.6) is 5.75 Å². The fourth-order valence-electron chi connectivity index (χ4n) is 5.05. The molecule has 0 fully saturated rings. The maximum Gasteiger partial charge on any atom is 0.148 e. The number of nitrogens with zero attached hydrogens (tertiary/aromatic N) is 3. The van der Waals surface area contributed by atoms with Crippen molar-refractivity contribution in [3.8, 4) is 56.3 Å². The number of aromatic nitrogens is 3. The Balaban J connectivity index is 0.00000329. The maximum atomic E-state index is 10.9. The van der Waals surface area contributed by atoms with E-state index in [9.17, 15) is 5.11 Å². The summed E-state index contributed by atoms with van der Waals surface area (Å²) in [4.78, 5) is 9.67. The summed E-state index contributed by atoms with van der Waals surface area (Å²) in [5.74, 6) is 0.277. The minimum Gasteiger partial charge on any atom is -0.507 e. The Kier molecular flexibility index (Phi) is 6.66. The van der Waals surface area contributed by atoms with E-state index in [2.05, 4.69) is 29.2 Å². The van der Waals surface area contributed by atoms with Gasteiger partial charge in [-0.15, -0.1) is 29.8 Å². The first-order valence-corrected chi connectivity index (χ1v) is 13.0. The second-order valence-corrected chi connectivity index (χ2v) is 9.41. The molecular formula is C36H24N3OPt-. The monoisotopic (exact) mass is 711 g/mol. The molecule has 4 nitrogen and oxygen atoms in total. The van der Waals surface area contributed by atoms with Crippen LogP contribution in [0.15, 0.2) is 140 Å². The van der Waals surface area contributed by atoms with E-state index < -0.39 is 0 Å². The Hall–Kier alpha value is -4.79. The molecule has 0 aliphatic heterocycles. The fraction of sp³-hybridized carbons (Fsp3) is 0. The second kappa shape index (κ2) is 11.4. The molecule has 7 rings (SSSR count). The number of para-hydroxylation sites is 3. The van der Waals surface area contributed by atoms with Crippen molar-refractivity contribution in [3.05, 3.63) is 146 Å². The summed E-state index contributed by atoms with van der Waals surface area (Å²) in [5.41, 5.74) is 8.27. The molecule has 1 N–H and O–H groups in total. The molecule has 2 heterocycles. The predicted molar refractivity (Wildman–Crippen MR) is 161 cm³/mol. The van der Waals surface area contributed by atoms with Crippen molar-refractivity contribution in [1.29, 1.82) is 0 Å². The number of phenolic OH excluding ortho intramolecular Hbond substituents is 1. The Bertz CT molecular complexity index is 2060. The van der Waals surface area contributed by atoms with Crippen LogP contribution in [0.25, 0.3) is 61.6 Å². The van der Waals surface area contributed by atoms with Crippen molar-refractivity contribution < 1.29 is 28.9 Å². The molecule has 5 aromatic carbocycles. The molecule has 0 aliphatic rings. The van der Waals surface area contributed by atoms with E-state index in [1.807, 2.05) is 102 Å². The largest absolute Gasteiger partial charge is 0.507 e. The van der Waals surface area contributed by atoms with E-state index in [0.717, 1.165) is 44.7 Å². The van der Waals surface area contributed by atoms with Gasteiger partial charge in [-0.2, -0.15) is 0 Å². The molecule has 0 unspecified atom stereocenters. The standard InChI is InChI=1S/C36H24N3O.Pt/c40-34-20-8-7-17-31(34)36-38-35-30(18-10-19-33(35)39(36)29-15-5-2-6-16-29)27-13-9-14-28(23-27)32-24-26(21-22-37-32)25-11-3-1-4-12-25;/h1-22,24,40H;/q-1;/i8D,17D;. The van der Waals surface area contributed by atoms with Gasteiger partial charge >= 0.3 is 0 Å². The van der Waals surface area contributed by atoms with Gasteiger partial charge in [0.2, 0.25) is 0 Å². The van der Waals surface area contributed by atoms with Gasteiger partial charge in [-0.1, -0.05) is 90.0 Å². The third-order valence-corrected chi connectivity index (χ3v) is 6.93. The first-order chi connectivity index (χ1) is 20.6. The van der Waals surface area contributed by atoms with Gasteiger partial charge in [0.15, 0.2) is 0 Å². The van der Waals surface area contributed by atoms with E-state index in [-0.39, 0.29) is 44.5 Å². The molecule has 7 aromatic rings. The van der Waals surface area contributed by atoms with Crippen molar-refractivity contribution in [3.63, 3.8) is 0 Å². The summed E-state index contributed by atoms with van der Waals surface area (Å²) < 4.78 is 18.5. The van der Waals surface area contributed by atoms with Crippen molar-refractivity contribution >= 4 is 11.0 Å². The van der Waals surface area contributed by atoms with Crippen LogP contribution >= 0.6 is 0 Å². The second-order valence-electron chi connectivity index (χ2n) is 9.41. The van der Waals surface area contributed by atoms with Crippen molar-refractivity contribution in [1.82, 2.24) is 14.5 Å². The summed E-state index contributed by atoms with van der Waals surface area (Å²) in [6, 6.07) is 42.4. The third kappa shape index (κ3) is 4.99. The Labute approximate surface area is 255 Å². The zero-order valence-corrected chi connectivity index (χ0v) is 24.0. The third-order valence-electron chi connectivity index (χ3n) is 6.93. The average molecular weight is 712 g/mol. The van der Waals surface area contributed by atoms with Crippen LogP contribution in [0.2, 0.25) is 0 Å². The van der Waals surface area contributed by atoms with E-state index in [1.165, 1.54) is 12.1 Å². The molecule has 0 spiro atoms. The van der Waals surface area contributed by atoms with Gasteiger partial charge in [0, 0.05) is 38.6 Å². The zero-order chi connectivity index (χ0) is 28.6. The molecule has 41 heavy (non-hydrogen) atoms. The smallest absolute Gasteiger partial charge is 0.148 e.